The largest absolute Gasteiger partial charge is 0.479 e. The number of likely N-dealkylation sites (tertiary alicyclic amines) is 1. The van der Waals surface area contributed by atoms with Crippen molar-refractivity contribution in [2.24, 2.45) is 5.41 Å². The summed E-state index contributed by atoms with van der Waals surface area (Å²) in [6.07, 6.45) is 4.36. The summed E-state index contributed by atoms with van der Waals surface area (Å²) in [5.41, 5.74) is 1.62. The maximum Gasteiger partial charge on any atom is 0.410 e. The highest BCUT2D eigenvalue weighted by Crippen LogP contribution is 2.44. The van der Waals surface area contributed by atoms with Crippen molar-refractivity contribution in [2.45, 2.75) is 32.8 Å². The van der Waals surface area contributed by atoms with E-state index in [0.717, 1.165) is 49.2 Å². The number of hydrogen-bond acceptors (Lipinski definition) is 6. The molecule has 144 valence electrons. The van der Waals surface area contributed by atoms with Crippen LogP contribution in [0.2, 0.25) is 0 Å². The molecule has 27 heavy (non-hydrogen) atoms. The lowest BCUT2D eigenvalue weighted by molar-refractivity contribution is 0.0265. The fraction of sp³-hybridized carbons (Fsp3) is 0.550. The van der Waals surface area contributed by atoms with Crippen molar-refractivity contribution in [2.75, 3.05) is 38.2 Å². The van der Waals surface area contributed by atoms with Crippen LogP contribution in [0.1, 0.15) is 27.2 Å². The quantitative estimate of drug-likeness (QED) is 0.809. The van der Waals surface area contributed by atoms with Crippen molar-refractivity contribution in [1.82, 2.24) is 14.9 Å². The number of pyridine rings is 2. The highest BCUT2D eigenvalue weighted by Gasteiger charge is 2.49. The number of anilines is 1. The van der Waals surface area contributed by atoms with Gasteiger partial charge in [-0.15, -0.1) is 0 Å². The van der Waals surface area contributed by atoms with Crippen molar-refractivity contribution < 1.29 is 14.3 Å². The van der Waals surface area contributed by atoms with Crippen LogP contribution >= 0.6 is 0 Å². The van der Waals surface area contributed by atoms with Crippen LogP contribution in [0.5, 0.6) is 5.88 Å². The summed E-state index contributed by atoms with van der Waals surface area (Å²) < 4.78 is 10.9. The molecule has 2 aromatic heterocycles. The predicted molar refractivity (Wildman–Crippen MR) is 103 cm³/mol. The van der Waals surface area contributed by atoms with E-state index in [9.17, 15) is 4.79 Å². The lowest BCUT2D eigenvalue weighted by Crippen LogP contribution is -2.58. The van der Waals surface area contributed by atoms with Gasteiger partial charge in [-0.25, -0.2) is 9.78 Å². The fourth-order valence-electron chi connectivity index (χ4n) is 4.07. The molecule has 1 amide bonds. The van der Waals surface area contributed by atoms with E-state index in [4.69, 9.17) is 9.47 Å². The smallest absolute Gasteiger partial charge is 0.410 e. The van der Waals surface area contributed by atoms with Gasteiger partial charge in [0.15, 0.2) is 0 Å². The lowest BCUT2D eigenvalue weighted by Gasteiger charge is -2.49. The average Bonchev–Trinajstić information content (AvgIpc) is 3.04. The standard InChI is InChI=1S/C20H26N4O3/c1-19(2,3)27-18(25)23-10-7-20(11-23)12-24(13-20)15-6-9-21-16-14(15)5-8-22-17(16)26-4/h5-6,8-9H,7,10-13H2,1-4H3. The molecule has 2 aliphatic heterocycles. The molecule has 4 heterocycles. The van der Waals surface area contributed by atoms with Gasteiger partial charge in [0.25, 0.3) is 0 Å². The normalized spacial score (nSPS) is 18.7. The van der Waals surface area contributed by atoms with E-state index < -0.39 is 5.60 Å². The molecule has 0 aromatic carbocycles. The molecule has 0 radical (unpaired) electrons. The topological polar surface area (TPSA) is 67.8 Å². The maximum atomic E-state index is 12.3. The molecule has 2 aliphatic rings. The second kappa shape index (κ2) is 6.25. The zero-order valence-corrected chi connectivity index (χ0v) is 16.4. The minimum Gasteiger partial charge on any atom is -0.479 e. The molecular weight excluding hydrogens is 344 g/mol. The Morgan fingerprint density at radius 2 is 1.89 bits per heavy atom. The first-order chi connectivity index (χ1) is 12.8. The average molecular weight is 370 g/mol. The number of rotatable bonds is 2. The Morgan fingerprint density at radius 3 is 2.59 bits per heavy atom. The molecule has 1 spiro atoms. The summed E-state index contributed by atoms with van der Waals surface area (Å²) in [6, 6.07) is 4.02. The molecule has 4 rings (SSSR count). The first kappa shape index (κ1) is 17.8. The van der Waals surface area contributed by atoms with Crippen LogP contribution in [-0.2, 0) is 4.74 Å². The third-order valence-electron chi connectivity index (χ3n) is 5.28. The van der Waals surface area contributed by atoms with E-state index in [1.54, 1.807) is 19.5 Å². The van der Waals surface area contributed by atoms with Gasteiger partial charge >= 0.3 is 6.09 Å². The van der Waals surface area contributed by atoms with E-state index in [0.29, 0.717) is 5.88 Å². The van der Waals surface area contributed by atoms with Crippen LogP contribution in [0.15, 0.2) is 24.5 Å². The number of nitrogens with zero attached hydrogens (tertiary/aromatic N) is 4. The predicted octanol–water partition coefficient (Wildman–Crippen LogP) is 3.09. The SMILES string of the molecule is COc1nccc2c(N3CC4(CCN(C(=O)OC(C)(C)C)C4)C3)ccnc12. The number of fused-ring (bicyclic) bond motifs is 1. The second-order valence-electron chi connectivity index (χ2n) is 8.55. The van der Waals surface area contributed by atoms with Gasteiger partial charge in [-0.05, 0) is 39.3 Å². The van der Waals surface area contributed by atoms with Crippen LogP contribution in [0.25, 0.3) is 10.9 Å². The molecule has 2 aromatic rings. The van der Waals surface area contributed by atoms with E-state index in [-0.39, 0.29) is 11.5 Å². The molecule has 0 N–H and O–H groups in total. The molecule has 0 atom stereocenters. The molecule has 0 saturated carbocycles. The Kier molecular flexibility index (Phi) is 4.13. The summed E-state index contributed by atoms with van der Waals surface area (Å²) in [7, 11) is 1.61. The zero-order valence-electron chi connectivity index (χ0n) is 16.4. The molecule has 0 aliphatic carbocycles. The maximum absolute atomic E-state index is 12.3. The Labute approximate surface area is 159 Å². The Balaban J connectivity index is 1.47. The van der Waals surface area contributed by atoms with Gasteiger partial charge in [-0.3, -0.25) is 4.98 Å². The molecule has 2 fully saturated rings. The number of ether oxygens (including phenoxy) is 2. The molecule has 7 heteroatoms. The van der Waals surface area contributed by atoms with Crippen LogP contribution in [0.3, 0.4) is 0 Å². The van der Waals surface area contributed by atoms with Gasteiger partial charge in [0.1, 0.15) is 11.1 Å². The number of carbonyl (C=O) groups is 1. The van der Waals surface area contributed by atoms with Crippen molar-refractivity contribution in [3.05, 3.63) is 24.5 Å². The van der Waals surface area contributed by atoms with E-state index in [1.807, 2.05) is 37.8 Å². The van der Waals surface area contributed by atoms with Crippen molar-refractivity contribution in [3.63, 3.8) is 0 Å². The van der Waals surface area contributed by atoms with E-state index in [1.165, 1.54) is 0 Å². The van der Waals surface area contributed by atoms with Crippen LogP contribution in [-0.4, -0.2) is 59.9 Å². The summed E-state index contributed by atoms with van der Waals surface area (Å²) in [4.78, 5) is 25.2. The molecule has 0 bridgehead atoms. The highest BCUT2D eigenvalue weighted by atomic mass is 16.6. The minimum atomic E-state index is -0.457. The van der Waals surface area contributed by atoms with E-state index in [2.05, 4.69) is 14.9 Å². The van der Waals surface area contributed by atoms with Gasteiger partial charge in [0.05, 0.1) is 7.11 Å². The van der Waals surface area contributed by atoms with Crippen molar-refractivity contribution in [3.8, 4) is 5.88 Å². The second-order valence-corrected chi connectivity index (χ2v) is 8.55. The number of amides is 1. The highest BCUT2D eigenvalue weighted by molar-refractivity contribution is 5.94. The van der Waals surface area contributed by atoms with E-state index >= 15 is 0 Å². The molecule has 7 nitrogen and oxygen atoms in total. The monoisotopic (exact) mass is 370 g/mol. The molecular formula is C20H26N4O3. The Hall–Kier alpha value is -2.57. The summed E-state index contributed by atoms with van der Waals surface area (Å²) in [5.74, 6) is 0.543. The van der Waals surface area contributed by atoms with Gasteiger partial charge in [0, 0.05) is 55.1 Å². The van der Waals surface area contributed by atoms with Gasteiger partial charge in [0.2, 0.25) is 5.88 Å². The van der Waals surface area contributed by atoms with Gasteiger partial charge in [-0.1, -0.05) is 0 Å². The first-order valence-corrected chi connectivity index (χ1v) is 9.31. The number of aromatic nitrogens is 2. The Morgan fingerprint density at radius 1 is 1.15 bits per heavy atom. The first-order valence-electron chi connectivity index (χ1n) is 9.31. The summed E-state index contributed by atoms with van der Waals surface area (Å²) >= 11 is 0. The Bertz CT molecular complexity index is 871. The zero-order chi connectivity index (χ0) is 19.2. The number of hydrogen-bond donors (Lipinski definition) is 0. The van der Waals surface area contributed by atoms with Gasteiger partial charge in [-0.2, -0.15) is 0 Å². The van der Waals surface area contributed by atoms with Crippen molar-refractivity contribution in [1.29, 1.82) is 0 Å². The van der Waals surface area contributed by atoms with Crippen LogP contribution in [0.4, 0.5) is 10.5 Å². The number of carbonyl (C=O) groups excluding carboxylic acids is 1. The lowest BCUT2D eigenvalue weighted by atomic mass is 9.78. The summed E-state index contributed by atoms with van der Waals surface area (Å²) in [6.45, 7) is 9.08. The fourth-order valence-corrected chi connectivity index (χ4v) is 4.07. The number of methoxy groups -OCH3 is 1. The minimum absolute atomic E-state index is 0.156. The third kappa shape index (κ3) is 3.26. The van der Waals surface area contributed by atoms with Gasteiger partial charge < -0.3 is 19.3 Å². The molecule has 0 unspecified atom stereocenters. The summed E-state index contributed by atoms with van der Waals surface area (Å²) in [5, 5.41) is 1.04. The third-order valence-corrected chi connectivity index (χ3v) is 5.28. The van der Waals surface area contributed by atoms with Crippen molar-refractivity contribution >= 4 is 22.7 Å². The molecule has 2 saturated heterocycles. The van der Waals surface area contributed by atoms with Crippen LogP contribution in [0, 0.1) is 5.41 Å². The van der Waals surface area contributed by atoms with Crippen LogP contribution < -0.4 is 9.64 Å².